The average molecular weight is 399 g/mol. The summed E-state index contributed by atoms with van der Waals surface area (Å²) in [5, 5.41) is 10.1. The van der Waals surface area contributed by atoms with Gasteiger partial charge in [-0.3, -0.25) is 10.00 Å². The third-order valence-electron chi connectivity index (χ3n) is 6.19. The molecule has 0 unspecified atom stereocenters. The molecule has 4 aromatic rings. The second-order valence-corrected chi connectivity index (χ2v) is 8.31. The maximum atomic E-state index is 5.59. The van der Waals surface area contributed by atoms with Gasteiger partial charge in [-0.1, -0.05) is 12.5 Å². The van der Waals surface area contributed by atoms with Crippen molar-refractivity contribution in [2.75, 3.05) is 26.2 Å². The van der Waals surface area contributed by atoms with Crippen molar-refractivity contribution in [2.45, 2.75) is 25.8 Å². The number of aromatic amines is 2. The van der Waals surface area contributed by atoms with Crippen LogP contribution >= 0.6 is 0 Å². The number of ether oxygens (including phenoxy) is 1. The molecule has 152 valence electrons. The van der Waals surface area contributed by atoms with Crippen molar-refractivity contribution in [3.8, 4) is 11.4 Å². The zero-order valence-electron chi connectivity index (χ0n) is 16.9. The molecule has 6 rings (SSSR count). The first-order chi connectivity index (χ1) is 14.8. The zero-order valence-corrected chi connectivity index (χ0v) is 16.9. The van der Waals surface area contributed by atoms with Crippen LogP contribution < -0.4 is 0 Å². The Balaban J connectivity index is 1.31. The molecule has 2 aromatic carbocycles. The molecule has 30 heavy (non-hydrogen) atoms. The van der Waals surface area contributed by atoms with E-state index in [1.54, 1.807) is 0 Å². The number of hydrogen-bond donors (Lipinski definition) is 2. The molecule has 0 spiro atoms. The van der Waals surface area contributed by atoms with E-state index in [1.807, 2.05) is 0 Å². The third-order valence-corrected chi connectivity index (χ3v) is 6.19. The number of aromatic nitrogens is 3. The van der Waals surface area contributed by atoms with Crippen LogP contribution in [0, 0.1) is 0 Å². The number of nitrogens with zero attached hydrogens (tertiary/aromatic N) is 3. The molecule has 2 aliphatic rings. The highest BCUT2D eigenvalue weighted by Crippen LogP contribution is 2.30. The second-order valence-electron chi connectivity index (χ2n) is 8.31. The maximum absolute atomic E-state index is 5.59. The summed E-state index contributed by atoms with van der Waals surface area (Å²) in [4.78, 5) is 10.5. The van der Waals surface area contributed by atoms with Gasteiger partial charge in [0.15, 0.2) is 0 Å². The van der Waals surface area contributed by atoms with Gasteiger partial charge in [0.05, 0.1) is 17.8 Å². The van der Waals surface area contributed by atoms with Crippen molar-refractivity contribution in [1.29, 1.82) is 0 Å². The van der Waals surface area contributed by atoms with Gasteiger partial charge in [0.2, 0.25) is 5.90 Å². The molecule has 2 aliphatic heterocycles. The highest BCUT2D eigenvalue weighted by atomic mass is 16.5. The number of aliphatic imine (C=N–C) groups is 1. The van der Waals surface area contributed by atoms with Crippen LogP contribution in [0.3, 0.4) is 0 Å². The van der Waals surface area contributed by atoms with Crippen molar-refractivity contribution in [3.05, 3.63) is 53.6 Å². The molecule has 6 heteroatoms. The Morgan fingerprint density at radius 1 is 0.967 bits per heavy atom. The molecule has 0 aliphatic carbocycles. The summed E-state index contributed by atoms with van der Waals surface area (Å²) < 4.78 is 5.59. The Labute approximate surface area is 174 Å². The van der Waals surface area contributed by atoms with Gasteiger partial charge < -0.3 is 9.72 Å². The van der Waals surface area contributed by atoms with E-state index >= 15 is 0 Å². The van der Waals surface area contributed by atoms with Gasteiger partial charge in [-0.05, 0) is 67.9 Å². The monoisotopic (exact) mass is 399 g/mol. The minimum Gasteiger partial charge on any atom is -0.476 e. The highest BCUT2D eigenvalue weighted by molar-refractivity contribution is 6.01. The lowest BCUT2D eigenvalue weighted by molar-refractivity contribution is 0.221. The van der Waals surface area contributed by atoms with Gasteiger partial charge in [-0.2, -0.15) is 5.10 Å². The van der Waals surface area contributed by atoms with Crippen LogP contribution in [-0.4, -0.2) is 52.2 Å². The minimum absolute atomic E-state index is 0.663. The lowest BCUT2D eigenvalue weighted by atomic mass is 10.1. The Hall–Kier alpha value is -3.12. The van der Waals surface area contributed by atoms with Crippen LogP contribution in [0.25, 0.3) is 33.2 Å². The molecule has 0 bridgehead atoms. The largest absolute Gasteiger partial charge is 0.476 e. The van der Waals surface area contributed by atoms with E-state index in [1.165, 1.54) is 43.3 Å². The Bertz CT molecular complexity index is 1250. The van der Waals surface area contributed by atoms with Crippen molar-refractivity contribution in [1.82, 2.24) is 20.1 Å². The van der Waals surface area contributed by atoms with Gasteiger partial charge in [-0.15, -0.1) is 0 Å². The van der Waals surface area contributed by atoms with E-state index < -0.39 is 0 Å². The first kappa shape index (κ1) is 17.7. The molecular weight excluding hydrogens is 374 g/mol. The predicted octanol–water partition coefficient (Wildman–Crippen LogP) is 4.47. The maximum Gasteiger partial charge on any atom is 0.216 e. The quantitative estimate of drug-likeness (QED) is 0.532. The second kappa shape index (κ2) is 7.29. The van der Waals surface area contributed by atoms with Crippen LogP contribution in [0.1, 0.15) is 30.4 Å². The number of hydrogen-bond acceptors (Lipinski definition) is 4. The van der Waals surface area contributed by atoms with E-state index in [4.69, 9.17) is 4.74 Å². The smallest absolute Gasteiger partial charge is 0.216 e. The molecule has 0 atom stereocenters. The molecule has 0 radical (unpaired) electrons. The number of fused-ring (bicyclic) bond motifs is 2. The molecule has 2 aromatic heterocycles. The number of benzene rings is 2. The van der Waals surface area contributed by atoms with Crippen LogP contribution in [0.4, 0.5) is 0 Å². The SMILES string of the molecule is c1cc2[nH]c(-c3n[nH]c4cc(C5=NCCO5)ccc34)cc2cc1CN1CCCCC1. The Morgan fingerprint density at radius 2 is 1.90 bits per heavy atom. The van der Waals surface area contributed by atoms with Gasteiger partial charge in [0.1, 0.15) is 12.3 Å². The van der Waals surface area contributed by atoms with Crippen molar-refractivity contribution < 1.29 is 4.74 Å². The average Bonchev–Trinajstić information content (AvgIpc) is 3.52. The summed E-state index contributed by atoms with van der Waals surface area (Å²) in [5.41, 5.74) is 6.49. The zero-order chi connectivity index (χ0) is 19.9. The molecule has 1 fully saturated rings. The fourth-order valence-electron chi connectivity index (χ4n) is 4.65. The summed E-state index contributed by atoms with van der Waals surface area (Å²) in [7, 11) is 0. The first-order valence-electron chi connectivity index (χ1n) is 10.8. The topological polar surface area (TPSA) is 69.3 Å². The van der Waals surface area contributed by atoms with Gasteiger partial charge in [-0.25, -0.2) is 4.99 Å². The number of nitrogens with one attached hydrogen (secondary N) is 2. The third kappa shape index (κ3) is 3.17. The lowest BCUT2D eigenvalue weighted by Crippen LogP contribution is -2.28. The molecule has 6 nitrogen and oxygen atoms in total. The molecule has 4 heterocycles. The van der Waals surface area contributed by atoms with Crippen LogP contribution in [0.2, 0.25) is 0 Å². The predicted molar refractivity (Wildman–Crippen MR) is 120 cm³/mol. The van der Waals surface area contributed by atoms with E-state index in [9.17, 15) is 0 Å². The summed E-state index contributed by atoms with van der Waals surface area (Å²) in [6, 6.07) is 15.2. The fraction of sp³-hybridized carbons (Fsp3) is 0.333. The van der Waals surface area contributed by atoms with Crippen LogP contribution in [0.15, 0.2) is 47.5 Å². The molecule has 0 saturated carbocycles. The molecule has 2 N–H and O–H groups in total. The number of piperidine rings is 1. The summed E-state index contributed by atoms with van der Waals surface area (Å²) in [6.45, 7) is 4.87. The van der Waals surface area contributed by atoms with Gasteiger partial charge >= 0.3 is 0 Å². The van der Waals surface area contributed by atoms with Gasteiger partial charge in [0, 0.05) is 28.4 Å². The van der Waals surface area contributed by atoms with E-state index in [-0.39, 0.29) is 0 Å². The lowest BCUT2D eigenvalue weighted by Gasteiger charge is -2.26. The molecule has 0 amide bonds. The van der Waals surface area contributed by atoms with E-state index in [2.05, 4.69) is 67.5 Å². The fourth-order valence-corrected chi connectivity index (χ4v) is 4.65. The van der Waals surface area contributed by atoms with Crippen LogP contribution in [-0.2, 0) is 11.3 Å². The number of H-pyrrole nitrogens is 2. The molecular formula is C24H25N5O. The first-order valence-corrected chi connectivity index (χ1v) is 10.8. The van der Waals surface area contributed by atoms with E-state index in [0.717, 1.165) is 52.4 Å². The summed E-state index contributed by atoms with van der Waals surface area (Å²) in [6.07, 6.45) is 4.02. The molecule has 1 saturated heterocycles. The van der Waals surface area contributed by atoms with Crippen molar-refractivity contribution >= 4 is 27.7 Å². The number of rotatable bonds is 4. The standard InChI is InChI=1S/C24H25N5O/c1-2-9-29(10-3-1)15-16-4-7-20-18(12-16)14-22(26-20)23-19-6-5-17(13-21(19)27-28-23)24-25-8-11-30-24/h4-7,12-14,26H,1-3,8-11,15H2,(H,27,28). The minimum atomic E-state index is 0.663. The Morgan fingerprint density at radius 3 is 2.77 bits per heavy atom. The summed E-state index contributed by atoms with van der Waals surface area (Å²) >= 11 is 0. The van der Waals surface area contributed by atoms with Crippen molar-refractivity contribution in [2.24, 2.45) is 4.99 Å². The van der Waals surface area contributed by atoms with Crippen molar-refractivity contribution in [3.63, 3.8) is 0 Å². The summed E-state index contributed by atoms with van der Waals surface area (Å²) in [5.74, 6) is 0.722. The highest BCUT2D eigenvalue weighted by Gasteiger charge is 2.16. The van der Waals surface area contributed by atoms with E-state index in [0.29, 0.717) is 6.61 Å². The van der Waals surface area contributed by atoms with Gasteiger partial charge in [0.25, 0.3) is 0 Å². The van der Waals surface area contributed by atoms with Crippen LogP contribution in [0.5, 0.6) is 0 Å². The normalized spacial score (nSPS) is 17.5. The Kier molecular flexibility index (Phi) is 4.30. The number of likely N-dealkylation sites (tertiary alicyclic amines) is 1.